The smallest absolute Gasteiger partial charge is 0.257 e. The number of amides is 2. The van der Waals surface area contributed by atoms with Gasteiger partial charge in [0.15, 0.2) is 0 Å². The molecule has 0 heterocycles. The van der Waals surface area contributed by atoms with Crippen molar-refractivity contribution >= 4 is 52.3 Å². The Morgan fingerprint density at radius 2 is 1.79 bits per heavy atom. The monoisotopic (exact) mass is 386 g/mol. The number of carbonyl (C=O) groups excluding carboxylic acids is 2. The van der Waals surface area contributed by atoms with Crippen molar-refractivity contribution < 1.29 is 14.7 Å². The SMILES string of the molecule is CN(CC(=O)Nc1ccc(Cl)c(Cl)c1)C(=O)c1cc(Cl)ccc1O. The molecule has 0 radical (unpaired) electrons. The highest BCUT2D eigenvalue weighted by atomic mass is 35.5. The quantitative estimate of drug-likeness (QED) is 0.831. The average molecular weight is 388 g/mol. The second kappa shape index (κ2) is 7.75. The molecule has 8 heteroatoms. The topological polar surface area (TPSA) is 69.6 Å². The minimum absolute atomic E-state index is 0.0207. The lowest BCUT2D eigenvalue weighted by Crippen LogP contribution is -2.35. The van der Waals surface area contributed by atoms with Gasteiger partial charge in [0.05, 0.1) is 22.2 Å². The number of carbonyl (C=O) groups is 2. The Morgan fingerprint density at radius 1 is 1.08 bits per heavy atom. The van der Waals surface area contributed by atoms with Crippen molar-refractivity contribution in [2.45, 2.75) is 0 Å². The zero-order chi connectivity index (χ0) is 17.9. The van der Waals surface area contributed by atoms with Gasteiger partial charge in [-0.2, -0.15) is 0 Å². The van der Waals surface area contributed by atoms with E-state index in [0.717, 1.165) is 4.90 Å². The molecule has 2 rings (SSSR count). The summed E-state index contributed by atoms with van der Waals surface area (Å²) in [6, 6.07) is 8.78. The summed E-state index contributed by atoms with van der Waals surface area (Å²) >= 11 is 17.5. The van der Waals surface area contributed by atoms with Gasteiger partial charge in [-0.1, -0.05) is 34.8 Å². The van der Waals surface area contributed by atoms with Crippen molar-refractivity contribution in [3.63, 3.8) is 0 Å². The molecule has 0 aliphatic heterocycles. The molecule has 2 N–H and O–H groups in total. The highest BCUT2D eigenvalue weighted by Gasteiger charge is 2.18. The van der Waals surface area contributed by atoms with Crippen LogP contribution in [0.5, 0.6) is 5.75 Å². The number of hydrogen-bond acceptors (Lipinski definition) is 3. The molecule has 0 fully saturated rings. The van der Waals surface area contributed by atoms with Crippen LogP contribution in [0.15, 0.2) is 36.4 Å². The van der Waals surface area contributed by atoms with Crippen LogP contribution in [0.2, 0.25) is 15.1 Å². The van der Waals surface area contributed by atoms with Gasteiger partial charge >= 0.3 is 0 Å². The summed E-state index contributed by atoms with van der Waals surface area (Å²) in [5, 5.41) is 13.3. The van der Waals surface area contributed by atoms with Gasteiger partial charge in [0.25, 0.3) is 5.91 Å². The second-order valence-corrected chi connectivity index (χ2v) is 6.25. The van der Waals surface area contributed by atoms with Crippen LogP contribution < -0.4 is 5.32 Å². The molecule has 5 nitrogen and oxygen atoms in total. The first-order valence-electron chi connectivity index (χ1n) is 6.77. The molecular weight excluding hydrogens is 375 g/mol. The molecule has 0 unspecified atom stereocenters. The van der Waals surface area contributed by atoms with E-state index < -0.39 is 11.8 Å². The zero-order valence-corrected chi connectivity index (χ0v) is 14.8. The standard InChI is InChI=1S/C16H13Cl3N2O3/c1-21(16(24)11-6-9(17)2-5-14(11)22)8-15(23)20-10-3-4-12(18)13(19)7-10/h2-7,22H,8H2,1H3,(H,20,23). The van der Waals surface area contributed by atoms with E-state index in [1.165, 1.54) is 31.3 Å². The lowest BCUT2D eigenvalue weighted by molar-refractivity contribution is -0.116. The van der Waals surface area contributed by atoms with Crippen molar-refractivity contribution in [2.75, 3.05) is 18.9 Å². The van der Waals surface area contributed by atoms with Crippen LogP contribution in [-0.2, 0) is 4.79 Å². The van der Waals surface area contributed by atoms with Crippen molar-refractivity contribution in [1.29, 1.82) is 0 Å². The minimum Gasteiger partial charge on any atom is -0.507 e. The van der Waals surface area contributed by atoms with E-state index in [9.17, 15) is 14.7 Å². The van der Waals surface area contributed by atoms with E-state index >= 15 is 0 Å². The highest BCUT2D eigenvalue weighted by Crippen LogP contribution is 2.25. The van der Waals surface area contributed by atoms with Crippen molar-refractivity contribution in [3.8, 4) is 5.75 Å². The summed E-state index contributed by atoms with van der Waals surface area (Å²) in [7, 11) is 1.44. The fraction of sp³-hybridized carbons (Fsp3) is 0.125. The summed E-state index contributed by atoms with van der Waals surface area (Å²) in [6.07, 6.45) is 0. The van der Waals surface area contributed by atoms with Crippen molar-refractivity contribution in [3.05, 3.63) is 57.0 Å². The van der Waals surface area contributed by atoms with Crippen molar-refractivity contribution in [2.24, 2.45) is 0 Å². The maximum absolute atomic E-state index is 12.3. The first-order chi connectivity index (χ1) is 11.3. The van der Waals surface area contributed by atoms with Crippen LogP contribution in [0.25, 0.3) is 0 Å². The Kier molecular flexibility index (Phi) is 5.94. The van der Waals surface area contributed by atoms with E-state index in [2.05, 4.69) is 5.32 Å². The van der Waals surface area contributed by atoms with Gasteiger partial charge < -0.3 is 15.3 Å². The molecule has 2 aromatic rings. The Morgan fingerprint density at radius 3 is 2.46 bits per heavy atom. The number of benzene rings is 2. The molecule has 2 amide bonds. The highest BCUT2D eigenvalue weighted by molar-refractivity contribution is 6.42. The van der Waals surface area contributed by atoms with Gasteiger partial charge in [0, 0.05) is 17.8 Å². The molecule has 0 atom stereocenters. The second-order valence-electron chi connectivity index (χ2n) is 5.00. The van der Waals surface area contributed by atoms with E-state index in [0.29, 0.717) is 20.8 Å². The molecule has 24 heavy (non-hydrogen) atoms. The zero-order valence-electron chi connectivity index (χ0n) is 12.5. The van der Waals surface area contributed by atoms with E-state index in [1.807, 2.05) is 0 Å². The number of hydrogen-bond donors (Lipinski definition) is 2. The molecule has 2 aromatic carbocycles. The number of likely N-dealkylation sites (N-methyl/N-ethyl adjacent to an activating group) is 1. The van der Waals surface area contributed by atoms with Crippen LogP contribution in [0.4, 0.5) is 5.69 Å². The number of halogens is 3. The van der Waals surface area contributed by atoms with E-state index in [-0.39, 0.29) is 17.9 Å². The van der Waals surface area contributed by atoms with E-state index in [1.54, 1.807) is 12.1 Å². The first kappa shape index (κ1) is 18.4. The van der Waals surface area contributed by atoms with Crippen LogP contribution >= 0.6 is 34.8 Å². The number of nitrogens with zero attached hydrogens (tertiary/aromatic N) is 1. The molecule has 0 aliphatic rings. The molecule has 0 aromatic heterocycles. The first-order valence-corrected chi connectivity index (χ1v) is 7.90. The minimum atomic E-state index is -0.528. The Bertz CT molecular complexity index is 796. The summed E-state index contributed by atoms with van der Waals surface area (Å²) in [5.41, 5.74) is 0.480. The number of rotatable bonds is 4. The summed E-state index contributed by atoms with van der Waals surface area (Å²) in [5.74, 6) is -1.16. The van der Waals surface area contributed by atoms with Crippen LogP contribution in [0.3, 0.4) is 0 Å². The predicted molar refractivity (Wildman–Crippen MR) is 95.2 cm³/mol. The summed E-state index contributed by atoms with van der Waals surface area (Å²) in [4.78, 5) is 25.5. The molecular formula is C16H13Cl3N2O3. The number of aromatic hydroxyl groups is 1. The third-order valence-corrected chi connectivity index (χ3v) is 4.09. The Balaban J connectivity index is 2.04. The molecule has 0 saturated carbocycles. The van der Waals surface area contributed by atoms with Gasteiger partial charge in [-0.05, 0) is 36.4 Å². The van der Waals surface area contributed by atoms with Crippen molar-refractivity contribution in [1.82, 2.24) is 4.90 Å². The van der Waals surface area contributed by atoms with Crippen LogP contribution in [0, 0.1) is 0 Å². The van der Waals surface area contributed by atoms with Gasteiger partial charge in [-0.3, -0.25) is 9.59 Å². The lowest BCUT2D eigenvalue weighted by Gasteiger charge is -2.17. The predicted octanol–water partition coefficient (Wildman–Crippen LogP) is 4.06. The number of anilines is 1. The maximum atomic E-state index is 12.3. The fourth-order valence-corrected chi connectivity index (χ4v) is 2.42. The lowest BCUT2D eigenvalue weighted by atomic mass is 10.2. The van der Waals surface area contributed by atoms with Gasteiger partial charge in [0.2, 0.25) is 5.91 Å². The summed E-state index contributed by atoms with van der Waals surface area (Å²) in [6.45, 7) is -0.217. The number of phenols is 1. The third kappa shape index (κ3) is 4.54. The van der Waals surface area contributed by atoms with E-state index in [4.69, 9.17) is 34.8 Å². The maximum Gasteiger partial charge on any atom is 0.257 e. The molecule has 0 saturated heterocycles. The number of phenolic OH excluding ortho intramolecular Hbond substituents is 1. The number of nitrogens with one attached hydrogen (secondary N) is 1. The normalized spacial score (nSPS) is 10.3. The van der Waals surface area contributed by atoms with Crippen LogP contribution in [0.1, 0.15) is 10.4 Å². The third-order valence-electron chi connectivity index (χ3n) is 3.12. The molecule has 126 valence electrons. The molecule has 0 spiro atoms. The van der Waals surface area contributed by atoms with Gasteiger partial charge in [0.1, 0.15) is 5.75 Å². The largest absolute Gasteiger partial charge is 0.507 e. The van der Waals surface area contributed by atoms with Gasteiger partial charge in [-0.15, -0.1) is 0 Å². The Hall–Kier alpha value is -1.95. The van der Waals surface area contributed by atoms with Crippen LogP contribution in [-0.4, -0.2) is 35.4 Å². The Labute approximate surface area is 153 Å². The fourth-order valence-electron chi connectivity index (χ4n) is 1.95. The molecule has 0 bridgehead atoms. The van der Waals surface area contributed by atoms with Gasteiger partial charge in [-0.25, -0.2) is 0 Å². The summed E-state index contributed by atoms with van der Waals surface area (Å²) < 4.78 is 0. The average Bonchev–Trinajstić information content (AvgIpc) is 2.52. The molecule has 0 aliphatic carbocycles.